The van der Waals surface area contributed by atoms with Crippen LogP contribution in [0.1, 0.15) is 49.2 Å². The SMILES string of the molecule is CC.Cc1ccc(CNc2cc(C3=CCCC=C3)nc3c(C)cnn23)cn1. The van der Waals surface area contributed by atoms with Crippen molar-refractivity contribution < 1.29 is 0 Å². The molecule has 0 saturated carbocycles. The molecule has 0 amide bonds. The maximum atomic E-state index is 4.81. The second-order valence-electron chi connectivity index (χ2n) is 6.39. The van der Waals surface area contributed by atoms with Crippen LogP contribution in [-0.2, 0) is 6.54 Å². The van der Waals surface area contributed by atoms with E-state index >= 15 is 0 Å². The van der Waals surface area contributed by atoms with Crippen LogP contribution >= 0.6 is 0 Å². The molecule has 4 rings (SSSR count). The summed E-state index contributed by atoms with van der Waals surface area (Å²) in [7, 11) is 0. The lowest BCUT2D eigenvalue weighted by atomic mass is 10.0. The zero-order valence-corrected chi connectivity index (χ0v) is 16.5. The molecule has 0 atom stereocenters. The van der Waals surface area contributed by atoms with Gasteiger partial charge in [0.15, 0.2) is 5.65 Å². The fourth-order valence-electron chi connectivity index (χ4n) is 2.95. The topological polar surface area (TPSA) is 55.1 Å². The maximum absolute atomic E-state index is 4.81. The summed E-state index contributed by atoms with van der Waals surface area (Å²) in [6.45, 7) is 8.73. The highest BCUT2D eigenvalue weighted by molar-refractivity contribution is 5.75. The summed E-state index contributed by atoms with van der Waals surface area (Å²) in [5, 5.41) is 7.95. The van der Waals surface area contributed by atoms with Crippen molar-refractivity contribution in [3.8, 4) is 0 Å². The quantitative estimate of drug-likeness (QED) is 0.701. The van der Waals surface area contributed by atoms with Crippen molar-refractivity contribution in [2.45, 2.75) is 47.1 Å². The molecule has 27 heavy (non-hydrogen) atoms. The molecular formula is C22H27N5. The Balaban J connectivity index is 0.00000102. The average molecular weight is 361 g/mol. The van der Waals surface area contributed by atoms with Crippen LogP contribution in [0, 0.1) is 13.8 Å². The van der Waals surface area contributed by atoms with Crippen molar-refractivity contribution in [2.75, 3.05) is 5.32 Å². The first-order valence-electron chi connectivity index (χ1n) is 9.58. The summed E-state index contributed by atoms with van der Waals surface area (Å²) >= 11 is 0. The van der Waals surface area contributed by atoms with E-state index in [4.69, 9.17) is 4.98 Å². The molecule has 0 unspecified atom stereocenters. The van der Waals surface area contributed by atoms with E-state index in [0.29, 0.717) is 6.54 Å². The third-order valence-corrected chi connectivity index (χ3v) is 4.39. The molecule has 3 heterocycles. The highest BCUT2D eigenvalue weighted by Crippen LogP contribution is 2.24. The predicted molar refractivity (Wildman–Crippen MR) is 112 cm³/mol. The lowest BCUT2D eigenvalue weighted by Gasteiger charge is -2.12. The normalized spacial score (nSPS) is 13.1. The van der Waals surface area contributed by atoms with Gasteiger partial charge in [-0.3, -0.25) is 4.98 Å². The Bertz CT molecular complexity index is 964. The van der Waals surface area contributed by atoms with Crippen molar-refractivity contribution in [1.82, 2.24) is 19.6 Å². The summed E-state index contributed by atoms with van der Waals surface area (Å²) in [4.78, 5) is 9.17. The number of allylic oxidation sites excluding steroid dienone is 4. The minimum atomic E-state index is 0.694. The Morgan fingerprint density at radius 3 is 2.67 bits per heavy atom. The third kappa shape index (κ3) is 4.25. The fourth-order valence-corrected chi connectivity index (χ4v) is 2.95. The second-order valence-corrected chi connectivity index (χ2v) is 6.39. The van der Waals surface area contributed by atoms with Gasteiger partial charge in [0.2, 0.25) is 0 Å². The molecule has 3 aromatic heterocycles. The number of aromatic nitrogens is 4. The Morgan fingerprint density at radius 1 is 1.11 bits per heavy atom. The molecule has 0 aromatic carbocycles. The van der Waals surface area contributed by atoms with E-state index in [0.717, 1.165) is 46.8 Å². The molecule has 5 nitrogen and oxygen atoms in total. The number of pyridine rings is 1. The highest BCUT2D eigenvalue weighted by Gasteiger charge is 2.12. The van der Waals surface area contributed by atoms with E-state index in [9.17, 15) is 0 Å². The van der Waals surface area contributed by atoms with Crippen LogP contribution in [0.15, 0.2) is 48.8 Å². The first-order valence-corrected chi connectivity index (χ1v) is 9.58. The molecule has 1 aliphatic carbocycles. The third-order valence-electron chi connectivity index (χ3n) is 4.39. The summed E-state index contributed by atoms with van der Waals surface area (Å²) in [6, 6.07) is 6.19. The van der Waals surface area contributed by atoms with E-state index in [-0.39, 0.29) is 0 Å². The van der Waals surface area contributed by atoms with Gasteiger partial charge in [0, 0.05) is 30.1 Å². The zero-order valence-electron chi connectivity index (χ0n) is 16.5. The van der Waals surface area contributed by atoms with E-state index in [1.807, 2.05) is 50.7 Å². The van der Waals surface area contributed by atoms with E-state index < -0.39 is 0 Å². The van der Waals surface area contributed by atoms with Gasteiger partial charge in [0.1, 0.15) is 5.82 Å². The highest BCUT2D eigenvalue weighted by atomic mass is 15.3. The molecule has 0 radical (unpaired) electrons. The van der Waals surface area contributed by atoms with Gasteiger partial charge in [-0.15, -0.1) is 0 Å². The van der Waals surface area contributed by atoms with Crippen LogP contribution in [-0.4, -0.2) is 19.6 Å². The Hall–Kier alpha value is -2.95. The lowest BCUT2D eigenvalue weighted by Crippen LogP contribution is -2.08. The van der Waals surface area contributed by atoms with Crippen molar-refractivity contribution in [3.05, 3.63) is 71.3 Å². The van der Waals surface area contributed by atoms with Crippen LogP contribution in [0.3, 0.4) is 0 Å². The number of nitrogens with one attached hydrogen (secondary N) is 1. The number of hydrogen-bond donors (Lipinski definition) is 1. The second kappa shape index (κ2) is 8.62. The van der Waals surface area contributed by atoms with Crippen molar-refractivity contribution in [2.24, 2.45) is 0 Å². The van der Waals surface area contributed by atoms with Crippen LogP contribution in [0.4, 0.5) is 5.82 Å². The molecule has 0 aliphatic heterocycles. The van der Waals surface area contributed by atoms with E-state index in [2.05, 4.69) is 45.8 Å². The Kier molecular flexibility index (Phi) is 6.01. The summed E-state index contributed by atoms with van der Waals surface area (Å²) in [5.41, 5.74) is 6.28. The molecule has 1 N–H and O–H groups in total. The van der Waals surface area contributed by atoms with Gasteiger partial charge >= 0.3 is 0 Å². The van der Waals surface area contributed by atoms with Gasteiger partial charge in [-0.25, -0.2) is 4.98 Å². The fraction of sp³-hybridized carbons (Fsp3) is 0.318. The first kappa shape index (κ1) is 18.8. The van der Waals surface area contributed by atoms with Gasteiger partial charge in [0.25, 0.3) is 0 Å². The number of aryl methyl sites for hydroxylation is 2. The molecule has 5 heteroatoms. The van der Waals surface area contributed by atoms with Crippen molar-refractivity contribution >= 4 is 17.0 Å². The largest absolute Gasteiger partial charge is 0.366 e. The standard InChI is InChI=1S/C20H21N5.C2H6/c1-14-11-23-25-19(22-13-16-9-8-15(2)21-12-16)10-18(24-20(14)25)17-6-4-3-5-7-17;1-2/h4,6-12,22H,3,5,13H2,1-2H3;1-2H3. The number of nitrogens with zero attached hydrogens (tertiary/aromatic N) is 4. The van der Waals surface area contributed by atoms with Crippen molar-refractivity contribution in [3.63, 3.8) is 0 Å². The number of rotatable bonds is 4. The summed E-state index contributed by atoms with van der Waals surface area (Å²) in [5.74, 6) is 0.938. The van der Waals surface area contributed by atoms with Crippen LogP contribution in [0.5, 0.6) is 0 Å². The predicted octanol–water partition coefficient (Wildman–Crippen LogP) is 5.11. The minimum Gasteiger partial charge on any atom is -0.366 e. The van der Waals surface area contributed by atoms with Gasteiger partial charge in [-0.2, -0.15) is 9.61 Å². The summed E-state index contributed by atoms with van der Waals surface area (Å²) < 4.78 is 1.87. The van der Waals surface area contributed by atoms with Gasteiger partial charge in [0.05, 0.1) is 11.9 Å². The molecule has 1 aliphatic rings. The summed E-state index contributed by atoms with van der Waals surface area (Å²) in [6.07, 6.45) is 12.5. The lowest BCUT2D eigenvalue weighted by molar-refractivity contribution is 0.919. The zero-order chi connectivity index (χ0) is 19.2. The monoisotopic (exact) mass is 361 g/mol. The average Bonchev–Trinajstić information content (AvgIpc) is 3.10. The first-order chi connectivity index (χ1) is 13.2. The van der Waals surface area contributed by atoms with Gasteiger partial charge in [-0.1, -0.05) is 38.1 Å². The molecule has 0 saturated heterocycles. The molecular weight excluding hydrogens is 334 g/mol. The van der Waals surface area contributed by atoms with Gasteiger partial charge < -0.3 is 5.32 Å². The Morgan fingerprint density at radius 2 is 1.96 bits per heavy atom. The van der Waals surface area contributed by atoms with E-state index in [1.165, 1.54) is 5.57 Å². The molecule has 0 bridgehead atoms. The van der Waals surface area contributed by atoms with E-state index in [1.54, 1.807) is 0 Å². The van der Waals surface area contributed by atoms with Crippen LogP contribution < -0.4 is 5.32 Å². The number of hydrogen-bond acceptors (Lipinski definition) is 4. The molecule has 3 aromatic rings. The molecule has 0 fully saturated rings. The maximum Gasteiger partial charge on any atom is 0.160 e. The number of anilines is 1. The Labute approximate surface area is 160 Å². The smallest absolute Gasteiger partial charge is 0.160 e. The minimum absolute atomic E-state index is 0.694. The van der Waals surface area contributed by atoms with Crippen molar-refractivity contribution in [1.29, 1.82) is 0 Å². The van der Waals surface area contributed by atoms with Crippen LogP contribution in [0.2, 0.25) is 0 Å². The molecule has 140 valence electrons. The molecule has 0 spiro atoms. The van der Waals surface area contributed by atoms with Crippen LogP contribution in [0.25, 0.3) is 11.2 Å². The van der Waals surface area contributed by atoms with Gasteiger partial charge in [-0.05, 0) is 43.9 Å². The number of fused-ring (bicyclic) bond motifs is 1.